The normalized spacial score (nSPS) is 16.0. The molecule has 9 heteroatoms. The highest BCUT2D eigenvalue weighted by Gasteiger charge is 2.32. The minimum absolute atomic E-state index is 0.0372. The van der Waals surface area contributed by atoms with Gasteiger partial charge in [-0.05, 0) is 31.0 Å². The summed E-state index contributed by atoms with van der Waals surface area (Å²) in [6, 6.07) is 10.2. The number of carbonyl (C=O) groups is 1. The molecule has 0 unspecified atom stereocenters. The maximum atomic E-state index is 12.7. The van der Waals surface area contributed by atoms with Crippen LogP contribution in [0.2, 0.25) is 5.02 Å². The fraction of sp³-hybridized carbons (Fsp3) is 0.368. The van der Waals surface area contributed by atoms with Crippen LogP contribution in [0.1, 0.15) is 18.4 Å². The molecule has 5 nitrogen and oxygen atoms in total. The molecule has 1 saturated heterocycles. The van der Waals surface area contributed by atoms with Crippen LogP contribution < -0.4 is 10.6 Å². The fourth-order valence-electron chi connectivity index (χ4n) is 3.05. The molecule has 1 aliphatic rings. The quantitative estimate of drug-likeness (QED) is 0.770. The summed E-state index contributed by atoms with van der Waals surface area (Å²) in [7, 11) is 0. The highest BCUT2D eigenvalue weighted by atomic mass is 35.5. The van der Waals surface area contributed by atoms with Crippen molar-refractivity contribution in [3.63, 3.8) is 0 Å². The molecule has 2 N–H and O–H groups in total. The first-order valence-electron chi connectivity index (χ1n) is 8.88. The predicted octanol–water partition coefficient (Wildman–Crippen LogP) is 4.27. The Bertz CT molecular complexity index is 809. The Kier molecular flexibility index (Phi) is 6.41. The average molecular weight is 413 g/mol. The Morgan fingerprint density at radius 2 is 1.89 bits per heavy atom. The molecule has 3 rings (SSSR count). The summed E-state index contributed by atoms with van der Waals surface area (Å²) in [6.07, 6.45) is -2.23. The largest absolute Gasteiger partial charge is 0.417 e. The van der Waals surface area contributed by atoms with Crippen LogP contribution >= 0.6 is 11.6 Å². The summed E-state index contributed by atoms with van der Waals surface area (Å²) >= 11 is 5.94. The summed E-state index contributed by atoms with van der Waals surface area (Å²) in [4.78, 5) is 18.0. The van der Waals surface area contributed by atoms with E-state index in [0.717, 1.165) is 30.8 Å². The molecular formula is C19H20ClF3N4O. The number of nitrogens with zero attached hydrogens (tertiary/aromatic N) is 2. The summed E-state index contributed by atoms with van der Waals surface area (Å²) < 4.78 is 38.1. The molecule has 2 aromatic rings. The number of nitrogens with one attached hydrogen (secondary N) is 2. The van der Waals surface area contributed by atoms with Gasteiger partial charge >= 0.3 is 6.18 Å². The van der Waals surface area contributed by atoms with E-state index < -0.39 is 11.7 Å². The standard InChI is InChI=1S/C19H20ClF3N4O/c20-16-10-13(19(21,22)23)11-24-18(16)26-15-6-8-27(9-7-15)12-17(28)25-14-4-2-1-3-5-14/h1-5,10-11,15H,6-9,12H2,(H,24,26)(H,25,28). The van der Waals surface area contributed by atoms with Gasteiger partial charge in [0.05, 0.1) is 17.1 Å². The fourth-order valence-corrected chi connectivity index (χ4v) is 3.27. The smallest absolute Gasteiger partial charge is 0.366 e. The molecule has 2 heterocycles. The molecule has 0 spiro atoms. The zero-order valence-corrected chi connectivity index (χ0v) is 15.7. The number of pyridine rings is 1. The molecule has 1 fully saturated rings. The molecule has 150 valence electrons. The van der Waals surface area contributed by atoms with Crippen molar-refractivity contribution in [2.75, 3.05) is 30.3 Å². The summed E-state index contributed by atoms with van der Waals surface area (Å²) in [5, 5.41) is 5.90. The molecule has 1 aromatic carbocycles. The van der Waals surface area contributed by atoms with Crippen LogP contribution in [0.5, 0.6) is 0 Å². The number of hydrogen-bond donors (Lipinski definition) is 2. The van der Waals surface area contributed by atoms with E-state index in [-0.39, 0.29) is 22.8 Å². The van der Waals surface area contributed by atoms with Crippen LogP contribution in [0.15, 0.2) is 42.6 Å². The third-order valence-corrected chi connectivity index (χ3v) is 4.81. The van der Waals surface area contributed by atoms with Crippen molar-refractivity contribution in [2.24, 2.45) is 0 Å². The lowest BCUT2D eigenvalue weighted by molar-refractivity contribution is -0.137. The molecular weight excluding hydrogens is 393 g/mol. The average Bonchev–Trinajstić information content (AvgIpc) is 2.65. The molecule has 0 atom stereocenters. The number of amides is 1. The third-order valence-electron chi connectivity index (χ3n) is 4.52. The van der Waals surface area contributed by atoms with Gasteiger partial charge in [-0.2, -0.15) is 13.2 Å². The second-order valence-corrected chi connectivity index (χ2v) is 7.07. The van der Waals surface area contributed by atoms with Crippen molar-refractivity contribution in [1.29, 1.82) is 0 Å². The number of alkyl halides is 3. The Hall–Kier alpha value is -2.32. The van der Waals surface area contributed by atoms with Crippen LogP contribution in [-0.2, 0) is 11.0 Å². The number of piperidine rings is 1. The predicted molar refractivity (Wildman–Crippen MR) is 102 cm³/mol. The molecule has 1 aliphatic heterocycles. The Morgan fingerprint density at radius 3 is 2.50 bits per heavy atom. The van der Waals surface area contributed by atoms with Crippen LogP contribution in [0.4, 0.5) is 24.7 Å². The van der Waals surface area contributed by atoms with E-state index in [4.69, 9.17) is 11.6 Å². The second-order valence-electron chi connectivity index (χ2n) is 6.66. The van der Waals surface area contributed by atoms with Gasteiger partial charge in [0.2, 0.25) is 5.91 Å². The van der Waals surface area contributed by atoms with E-state index in [9.17, 15) is 18.0 Å². The molecule has 0 bridgehead atoms. The summed E-state index contributed by atoms with van der Waals surface area (Å²) in [5.74, 6) is 0.167. The van der Waals surface area contributed by atoms with Gasteiger partial charge in [-0.1, -0.05) is 29.8 Å². The number of likely N-dealkylation sites (tertiary alicyclic amines) is 1. The van der Waals surface area contributed by atoms with Gasteiger partial charge in [0.15, 0.2) is 0 Å². The lowest BCUT2D eigenvalue weighted by Crippen LogP contribution is -2.42. The summed E-state index contributed by atoms with van der Waals surface area (Å²) in [6.45, 7) is 1.68. The van der Waals surface area contributed by atoms with Gasteiger partial charge in [0.25, 0.3) is 0 Å². The van der Waals surface area contributed by atoms with E-state index in [1.54, 1.807) is 0 Å². The number of benzene rings is 1. The molecule has 0 aliphatic carbocycles. The van der Waals surface area contributed by atoms with Crippen molar-refractivity contribution in [2.45, 2.75) is 25.1 Å². The molecule has 0 radical (unpaired) electrons. The van der Waals surface area contributed by atoms with Crippen LogP contribution in [0.3, 0.4) is 0 Å². The number of anilines is 2. The SMILES string of the molecule is O=C(CN1CCC(Nc2ncc(C(F)(F)F)cc2Cl)CC1)Nc1ccccc1. The van der Waals surface area contributed by atoms with E-state index in [1.165, 1.54) is 0 Å². The number of aromatic nitrogens is 1. The number of halogens is 4. The van der Waals surface area contributed by atoms with Gasteiger partial charge in [-0.15, -0.1) is 0 Å². The highest BCUT2D eigenvalue weighted by Crippen LogP contribution is 2.32. The zero-order valence-electron chi connectivity index (χ0n) is 15.0. The van der Waals surface area contributed by atoms with E-state index in [1.807, 2.05) is 35.2 Å². The maximum absolute atomic E-state index is 12.7. The molecule has 1 aromatic heterocycles. The van der Waals surface area contributed by atoms with E-state index >= 15 is 0 Å². The zero-order chi connectivity index (χ0) is 20.1. The van der Waals surface area contributed by atoms with Gasteiger partial charge in [-0.25, -0.2) is 4.98 Å². The minimum atomic E-state index is -4.47. The first-order chi connectivity index (χ1) is 13.3. The number of carbonyl (C=O) groups excluding carboxylic acids is 1. The monoisotopic (exact) mass is 412 g/mol. The first kappa shape index (κ1) is 20.4. The molecule has 28 heavy (non-hydrogen) atoms. The van der Waals surface area contributed by atoms with Crippen LogP contribution in [0.25, 0.3) is 0 Å². The topological polar surface area (TPSA) is 57.3 Å². The minimum Gasteiger partial charge on any atom is -0.366 e. The van der Waals surface area contributed by atoms with Gasteiger partial charge in [0, 0.05) is 31.0 Å². The first-order valence-corrected chi connectivity index (χ1v) is 9.25. The van der Waals surface area contributed by atoms with Crippen LogP contribution in [0, 0.1) is 0 Å². The van der Waals surface area contributed by atoms with Gasteiger partial charge in [0.1, 0.15) is 5.82 Å². The Morgan fingerprint density at radius 1 is 1.21 bits per heavy atom. The number of para-hydroxylation sites is 1. The van der Waals surface area contributed by atoms with Gasteiger partial charge < -0.3 is 10.6 Å². The van der Waals surface area contributed by atoms with E-state index in [2.05, 4.69) is 15.6 Å². The maximum Gasteiger partial charge on any atom is 0.417 e. The van der Waals surface area contributed by atoms with Crippen molar-refractivity contribution in [3.05, 3.63) is 53.2 Å². The Balaban J connectivity index is 1.47. The van der Waals surface area contributed by atoms with Crippen LogP contribution in [-0.4, -0.2) is 41.5 Å². The summed E-state index contributed by atoms with van der Waals surface area (Å²) in [5.41, 5.74) is -0.116. The molecule has 1 amide bonds. The van der Waals surface area contributed by atoms with Crippen molar-refractivity contribution >= 4 is 29.0 Å². The lowest BCUT2D eigenvalue weighted by Gasteiger charge is -2.32. The lowest BCUT2D eigenvalue weighted by atomic mass is 10.0. The van der Waals surface area contributed by atoms with E-state index in [0.29, 0.717) is 19.6 Å². The van der Waals surface area contributed by atoms with Crippen molar-refractivity contribution in [1.82, 2.24) is 9.88 Å². The number of hydrogen-bond acceptors (Lipinski definition) is 4. The Labute approximate surface area is 165 Å². The number of rotatable bonds is 5. The third kappa shape index (κ3) is 5.59. The van der Waals surface area contributed by atoms with Crippen molar-refractivity contribution < 1.29 is 18.0 Å². The van der Waals surface area contributed by atoms with Crippen molar-refractivity contribution in [3.8, 4) is 0 Å². The second kappa shape index (κ2) is 8.79. The molecule has 0 saturated carbocycles. The highest BCUT2D eigenvalue weighted by molar-refractivity contribution is 6.33. The van der Waals surface area contributed by atoms with Gasteiger partial charge in [-0.3, -0.25) is 9.69 Å².